The fourth-order valence-corrected chi connectivity index (χ4v) is 6.00. The molecule has 0 aromatic heterocycles. The van der Waals surface area contributed by atoms with Gasteiger partial charge in [-0.1, -0.05) is 68.8 Å². The lowest BCUT2D eigenvalue weighted by Gasteiger charge is -2.45. The smallest absolute Gasteiger partial charge is 0.335 e. The first kappa shape index (κ1) is 31.2. The third kappa shape index (κ3) is 7.97. The Bertz CT molecular complexity index is 1330. The van der Waals surface area contributed by atoms with Crippen molar-refractivity contribution < 1.29 is 29.3 Å². The van der Waals surface area contributed by atoms with Gasteiger partial charge in [-0.2, -0.15) is 0 Å². The molecule has 1 fully saturated rings. The molecule has 2 aromatic carbocycles. The van der Waals surface area contributed by atoms with E-state index in [-0.39, 0.29) is 28.8 Å². The summed E-state index contributed by atoms with van der Waals surface area (Å²) in [4.78, 5) is 38.3. The quantitative estimate of drug-likeness (QED) is 0.220. The SMILES string of the molecule is CC(CCc1ccc(C(=O)O)cc1)C(=O)Oc1cccc(C2(C)CCN(CC(CC3=CCCC=C3)C(=O)O)CC2C)c1. The van der Waals surface area contributed by atoms with Crippen molar-refractivity contribution in [3.63, 3.8) is 0 Å². The molecule has 2 aromatic rings. The number of hydrogen-bond acceptors (Lipinski definition) is 5. The molecule has 42 heavy (non-hydrogen) atoms. The highest BCUT2D eigenvalue weighted by Crippen LogP contribution is 2.41. The number of benzene rings is 2. The molecule has 1 saturated heterocycles. The van der Waals surface area contributed by atoms with Crippen LogP contribution >= 0.6 is 0 Å². The Kier molecular flexibility index (Phi) is 10.4. The lowest BCUT2D eigenvalue weighted by molar-refractivity contribution is -0.142. The number of allylic oxidation sites excluding steroid dienone is 4. The third-order valence-electron chi connectivity index (χ3n) is 9.13. The Morgan fingerprint density at radius 3 is 2.50 bits per heavy atom. The van der Waals surface area contributed by atoms with Crippen molar-refractivity contribution in [2.45, 2.75) is 64.7 Å². The third-order valence-corrected chi connectivity index (χ3v) is 9.13. The number of carbonyl (C=O) groups is 3. The van der Waals surface area contributed by atoms with Gasteiger partial charge in [0.05, 0.1) is 17.4 Å². The van der Waals surface area contributed by atoms with Crippen LogP contribution in [-0.4, -0.2) is 52.7 Å². The summed E-state index contributed by atoms with van der Waals surface area (Å²) in [6.45, 7) is 8.48. The van der Waals surface area contributed by atoms with E-state index in [9.17, 15) is 19.5 Å². The number of nitrogens with zero attached hydrogens (tertiary/aromatic N) is 1. The van der Waals surface area contributed by atoms with Crippen LogP contribution in [0, 0.1) is 17.8 Å². The summed E-state index contributed by atoms with van der Waals surface area (Å²) in [6.07, 6.45) is 11.1. The normalized spacial score (nSPS) is 22.2. The van der Waals surface area contributed by atoms with Crippen molar-refractivity contribution in [2.75, 3.05) is 19.6 Å². The first-order valence-corrected chi connectivity index (χ1v) is 15.0. The number of likely N-dealkylation sites (tertiary alicyclic amines) is 1. The van der Waals surface area contributed by atoms with E-state index in [1.165, 1.54) is 0 Å². The fourth-order valence-electron chi connectivity index (χ4n) is 6.00. The Morgan fingerprint density at radius 2 is 1.86 bits per heavy atom. The molecule has 4 rings (SSSR count). The predicted octanol–water partition coefficient (Wildman–Crippen LogP) is 6.53. The summed E-state index contributed by atoms with van der Waals surface area (Å²) in [5.41, 5.74) is 3.35. The van der Waals surface area contributed by atoms with Gasteiger partial charge in [-0.15, -0.1) is 0 Å². The van der Waals surface area contributed by atoms with Crippen molar-refractivity contribution in [2.24, 2.45) is 17.8 Å². The van der Waals surface area contributed by atoms with Gasteiger partial charge in [-0.25, -0.2) is 4.79 Å². The molecule has 1 heterocycles. The van der Waals surface area contributed by atoms with Crippen LogP contribution in [0.2, 0.25) is 0 Å². The van der Waals surface area contributed by atoms with Gasteiger partial charge in [0.25, 0.3) is 0 Å². The molecular weight excluding hydrogens is 530 g/mol. The number of esters is 1. The van der Waals surface area contributed by atoms with Crippen LogP contribution in [-0.2, 0) is 21.4 Å². The molecule has 4 atom stereocenters. The summed E-state index contributed by atoms with van der Waals surface area (Å²) >= 11 is 0. The van der Waals surface area contributed by atoms with Crippen LogP contribution < -0.4 is 4.74 Å². The lowest BCUT2D eigenvalue weighted by Crippen LogP contribution is -2.49. The molecule has 0 bridgehead atoms. The molecule has 0 radical (unpaired) electrons. The molecule has 1 aliphatic carbocycles. The number of carboxylic acids is 2. The van der Waals surface area contributed by atoms with Crippen LogP contribution in [0.4, 0.5) is 0 Å². The Hall–Kier alpha value is -3.71. The topological polar surface area (TPSA) is 104 Å². The molecule has 0 saturated carbocycles. The molecule has 2 N–H and O–H groups in total. The zero-order valence-corrected chi connectivity index (χ0v) is 24.9. The highest BCUT2D eigenvalue weighted by Gasteiger charge is 2.39. The van der Waals surface area contributed by atoms with E-state index in [4.69, 9.17) is 9.84 Å². The van der Waals surface area contributed by atoms with Crippen LogP contribution in [0.3, 0.4) is 0 Å². The fraction of sp³-hybridized carbons (Fsp3) is 0.457. The van der Waals surface area contributed by atoms with Gasteiger partial charge in [0, 0.05) is 13.1 Å². The molecule has 7 heteroatoms. The van der Waals surface area contributed by atoms with Crippen molar-refractivity contribution in [1.29, 1.82) is 0 Å². The summed E-state index contributed by atoms with van der Waals surface area (Å²) in [5, 5.41) is 19.0. The molecular formula is C35H43NO6. The number of piperidine rings is 1. The maximum Gasteiger partial charge on any atom is 0.335 e. The molecule has 1 aliphatic heterocycles. The molecule has 0 spiro atoms. The van der Waals surface area contributed by atoms with Gasteiger partial charge >= 0.3 is 17.9 Å². The van der Waals surface area contributed by atoms with Crippen LogP contribution in [0.5, 0.6) is 5.75 Å². The second-order valence-electron chi connectivity index (χ2n) is 12.2. The highest BCUT2D eigenvalue weighted by atomic mass is 16.5. The van der Waals surface area contributed by atoms with E-state index >= 15 is 0 Å². The second-order valence-corrected chi connectivity index (χ2v) is 12.2. The molecule has 4 unspecified atom stereocenters. The number of hydrogen-bond donors (Lipinski definition) is 2. The van der Waals surface area contributed by atoms with Crippen molar-refractivity contribution in [3.05, 3.63) is 89.0 Å². The minimum atomic E-state index is -0.956. The van der Waals surface area contributed by atoms with Gasteiger partial charge in [0.15, 0.2) is 0 Å². The first-order chi connectivity index (χ1) is 20.0. The number of aromatic carboxylic acids is 1. The van der Waals surface area contributed by atoms with Crippen molar-refractivity contribution in [3.8, 4) is 5.75 Å². The standard InChI is InChI=1S/C35H43NO6/c1-24(12-13-26-14-16-28(17-15-26)32(37)38)34(41)42-31-11-7-10-30(21-31)35(3)18-19-36(22-25(35)2)23-29(33(39)40)20-27-8-5-4-6-9-27/h5,7-11,14-17,21,24-25,29H,4,6,12-13,18-20,22-23H2,1-3H3,(H,37,38)(H,39,40). The van der Waals surface area contributed by atoms with Crippen molar-refractivity contribution >= 4 is 17.9 Å². The number of ether oxygens (including phenoxy) is 1. The molecule has 224 valence electrons. The van der Waals surface area contributed by atoms with Gasteiger partial charge in [0.2, 0.25) is 0 Å². The minimum Gasteiger partial charge on any atom is -0.481 e. The molecule has 7 nitrogen and oxygen atoms in total. The summed E-state index contributed by atoms with van der Waals surface area (Å²) in [7, 11) is 0. The average Bonchev–Trinajstić information content (AvgIpc) is 2.98. The first-order valence-electron chi connectivity index (χ1n) is 15.0. The van der Waals surface area contributed by atoms with Crippen LogP contribution in [0.1, 0.15) is 74.4 Å². The van der Waals surface area contributed by atoms with E-state index in [2.05, 4.69) is 43.0 Å². The highest BCUT2D eigenvalue weighted by molar-refractivity contribution is 5.87. The van der Waals surface area contributed by atoms with E-state index in [0.717, 1.165) is 49.1 Å². The maximum absolute atomic E-state index is 12.9. The molecule has 0 amide bonds. The number of aliphatic carboxylic acids is 1. The van der Waals surface area contributed by atoms with E-state index < -0.39 is 17.9 Å². The Morgan fingerprint density at radius 1 is 1.10 bits per heavy atom. The Balaban J connectivity index is 1.32. The van der Waals surface area contributed by atoms with Gasteiger partial charge in [0.1, 0.15) is 5.75 Å². The zero-order valence-electron chi connectivity index (χ0n) is 24.9. The monoisotopic (exact) mass is 573 g/mol. The minimum absolute atomic E-state index is 0.125. The summed E-state index contributed by atoms with van der Waals surface area (Å²) < 4.78 is 5.80. The summed E-state index contributed by atoms with van der Waals surface area (Å²) in [5.74, 6) is -1.91. The number of carbonyl (C=O) groups excluding carboxylic acids is 1. The summed E-state index contributed by atoms with van der Waals surface area (Å²) in [6, 6.07) is 14.5. The second kappa shape index (κ2) is 14.0. The van der Waals surface area contributed by atoms with Crippen LogP contribution in [0.15, 0.2) is 72.3 Å². The van der Waals surface area contributed by atoms with Crippen LogP contribution in [0.25, 0.3) is 0 Å². The van der Waals surface area contributed by atoms with Crippen molar-refractivity contribution in [1.82, 2.24) is 4.90 Å². The Labute approximate surface area is 248 Å². The lowest BCUT2D eigenvalue weighted by atomic mass is 9.68. The zero-order chi connectivity index (χ0) is 30.3. The predicted molar refractivity (Wildman–Crippen MR) is 163 cm³/mol. The van der Waals surface area contributed by atoms with Gasteiger partial charge < -0.3 is 19.8 Å². The largest absolute Gasteiger partial charge is 0.481 e. The van der Waals surface area contributed by atoms with Gasteiger partial charge in [-0.3, -0.25) is 9.59 Å². The number of rotatable bonds is 12. The van der Waals surface area contributed by atoms with E-state index in [0.29, 0.717) is 31.6 Å². The molecule has 2 aliphatic rings. The average molecular weight is 574 g/mol. The van der Waals surface area contributed by atoms with E-state index in [1.54, 1.807) is 24.3 Å². The maximum atomic E-state index is 12.9. The number of aryl methyl sites for hydroxylation is 1. The van der Waals surface area contributed by atoms with E-state index in [1.807, 2.05) is 25.1 Å². The number of carboxylic acid groups (broad SMARTS) is 2. The van der Waals surface area contributed by atoms with Gasteiger partial charge in [-0.05, 0) is 91.8 Å².